The number of hydrazine groups is 1. The van der Waals surface area contributed by atoms with Crippen LogP contribution in [0, 0.1) is 0 Å². The molecule has 1 saturated heterocycles. The molecule has 0 atom stereocenters. The molecule has 0 saturated carbocycles. The molecule has 82 valence electrons. The number of alkyl halides is 1. The maximum absolute atomic E-state index is 6.07. The van der Waals surface area contributed by atoms with E-state index < -0.39 is 0 Å². The van der Waals surface area contributed by atoms with Gasteiger partial charge in [0.05, 0.1) is 0 Å². The molecular weight excluding hydrogens is 196 g/mol. The van der Waals surface area contributed by atoms with Crippen molar-refractivity contribution in [2.75, 3.05) is 20.1 Å². The van der Waals surface area contributed by atoms with Crippen molar-refractivity contribution in [3.8, 4) is 0 Å². The lowest BCUT2D eigenvalue weighted by atomic mass is 10.1. The van der Waals surface area contributed by atoms with Crippen LogP contribution in [0.5, 0.6) is 0 Å². The van der Waals surface area contributed by atoms with Crippen LogP contribution < -0.4 is 0 Å². The summed E-state index contributed by atoms with van der Waals surface area (Å²) in [6.07, 6.45) is 5.49. The Morgan fingerprint density at radius 3 is 2.50 bits per heavy atom. The molecule has 0 aromatic carbocycles. The molecule has 0 aliphatic carbocycles. The first kappa shape index (κ1) is 11.9. The van der Waals surface area contributed by atoms with Gasteiger partial charge in [0.15, 0.2) is 0 Å². The molecule has 0 aromatic heterocycles. The van der Waals surface area contributed by atoms with E-state index >= 15 is 0 Å². The first-order valence-corrected chi connectivity index (χ1v) is 5.90. The van der Waals surface area contributed by atoms with Crippen molar-refractivity contribution in [3.63, 3.8) is 0 Å². The Hall–Kier alpha value is -0.210. The molecule has 0 unspecified atom stereocenters. The Morgan fingerprint density at radius 2 is 2.07 bits per heavy atom. The fourth-order valence-electron chi connectivity index (χ4n) is 1.94. The molecule has 14 heavy (non-hydrogen) atoms. The zero-order chi connectivity index (χ0) is 10.6. The van der Waals surface area contributed by atoms with E-state index in [4.69, 9.17) is 11.6 Å². The Kier molecular flexibility index (Phi) is 4.76. The zero-order valence-corrected chi connectivity index (χ0v) is 10.2. The second-order valence-corrected chi connectivity index (χ2v) is 4.40. The van der Waals surface area contributed by atoms with Gasteiger partial charge in [-0.2, -0.15) is 0 Å². The fraction of sp³-hybridized carbons (Fsp3) is 0.818. The standard InChI is InChI=1S/C11H21ClN2/c1-4-11(5-2)13(3)14-8-6-10(12)7-9-14/h4,10H,5-9H2,1-3H3/b11-4-. The van der Waals surface area contributed by atoms with Crippen molar-refractivity contribution in [2.45, 2.75) is 38.5 Å². The van der Waals surface area contributed by atoms with E-state index in [0.717, 1.165) is 32.4 Å². The van der Waals surface area contributed by atoms with Crippen molar-refractivity contribution < 1.29 is 0 Å². The first-order valence-electron chi connectivity index (χ1n) is 5.46. The topological polar surface area (TPSA) is 6.48 Å². The third-order valence-electron chi connectivity index (χ3n) is 2.94. The van der Waals surface area contributed by atoms with Crippen molar-refractivity contribution in [1.29, 1.82) is 0 Å². The lowest BCUT2D eigenvalue weighted by molar-refractivity contribution is 0.0132. The van der Waals surface area contributed by atoms with Gasteiger partial charge in [-0.3, -0.25) is 0 Å². The summed E-state index contributed by atoms with van der Waals surface area (Å²) < 4.78 is 0. The smallest absolute Gasteiger partial charge is 0.0361 e. The van der Waals surface area contributed by atoms with Gasteiger partial charge in [-0.25, -0.2) is 5.01 Å². The van der Waals surface area contributed by atoms with Crippen LogP contribution in [0.2, 0.25) is 0 Å². The van der Waals surface area contributed by atoms with Gasteiger partial charge < -0.3 is 5.01 Å². The van der Waals surface area contributed by atoms with Gasteiger partial charge in [0, 0.05) is 31.2 Å². The highest BCUT2D eigenvalue weighted by Gasteiger charge is 2.20. The van der Waals surface area contributed by atoms with Crippen molar-refractivity contribution >= 4 is 11.6 Å². The third-order valence-corrected chi connectivity index (χ3v) is 3.37. The third kappa shape index (κ3) is 2.89. The van der Waals surface area contributed by atoms with Crippen LogP contribution in [0.1, 0.15) is 33.1 Å². The Balaban J connectivity index is 2.48. The summed E-state index contributed by atoms with van der Waals surface area (Å²) >= 11 is 6.07. The number of halogens is 1. The number of piperidine rings is 1. The molecule has 1 rings (SSSR count). The summed E-state index contributed by atoms with van der Waals surface area (Å²) in [5.41, 5.74) is 1.39. The number of hydrogen-bond donors (Lipinski definition) is 0. The Morgan fingerprint density at radius 1 is 1.50 bits per heavy atom. The van der Waals surface area contributed by atoms with E-state index in [1.807, 2.05) is 0 Å². The fourth-order valence-corrected chi connectivity index (χ4v) is 2.13. The largest absolute Gasteiger partial charge is 0.313 e. The maximum atomic E-state index is 6.07. The van der Waals surface area contributed by atoms with E-state index in [2.05, 4.69) is 37.0 Å². The minimum Gasteiger partial charge on any atom is -0.313 e. The molecule has 1 fully saturated rings. The van der Waals surface area contributed by atoms with Crippen LogP contribution >= 0.6 is 11.6 Å². The van der Waals surface area contributed by atoms with Crippen LogP contribution in [-0.2, 0) is 0 Å². The summed E-state index contributed by atoms with van der Waals surface area (Å²) in [6, 6.07) is 0. The van der Waals surface area contributed by atoms with Crippen LogP contribution in [0.15, 0.2) is 11.8 Å². The van der Waals surface area contributed by atoms with Gasteiger partial charge in [-0.05, 0) is 26.2 Å². The molecular formula is C11H21ClN2. The quantitative estimate of drug-likeness (QED) is 0.670. The average Bonchev–Trinajstić information content (AvgIpc) is 2.20. The Bertz CT molecular complexity index is 195. The molecule has 0 spiro atoms. The summed E-state index contributed by atoms with van der Waals surface area (Å²) in [6.45, 7) is 6.47. The summed E-state index contributed by atoms with van der Waals surface area (Å²) in [5.74, 6) is 0. The molecule has 0 N–H and O–H groups in total. The molecule has 1 aliphatic heterocycles. The summed E-state index contributed by atoms with van der Waals surface area (Å²) in [4.78, 5) is 0. The molecule has 0 amide bonds. The van der Waals surface area contributed by atoms with E-state index in [-0.39, 0.29) is 0 Å². The molecule has 0 aromatic rings. The molecule has 1 aliphatic rings. The number of nitrogens with zero attached hydrogens (tertiary/aromatic N) is 2. The minimum absolute atomic E-state index is 0.385. The van der Waals surface area contributed by atoms with Crippen LogP contribution in [-0.4, -0.2) is 35.5 Å². The lowest BCUT2D eigenvalue weighted by Crippen LogP contribution is -2.44. The summed E-state index contributed by atoms with van der Waals surface area (Å²) in [5, 5.41) is 5.05. The molecule has 2 nitrogen and oxygen atoms in total. The molecule has 3 heteroatoms. The first-order chi connectivity index (χ1) is 6.69. The Labute approximate surface area is 92.5 Å². The van der Waals surface area contributed by atoms with Gasteiger partial charge in [0.2, 0.25) is 0 Å². The minimum atomic E-state index is 0.385. The highest BCUT2D eigenvalue weighted by Crippen LogP contribution is 2.19. The van der Waals surface area contributed by atoms with E-state index in [9.17, 15) is 0 Å². The number of hydrogen-bond acceptors (Lipinski definition) is 2. The summed E-state index contributed by atoms with van der Waals surface area (Å²) in [7, 11) is 2.15. The van der Waals surface area contributed by atoms with Crippen molar-refractivity contribution in [2.24, 2.45) is 0 Å². The second kappa shape index (κ2) is 5.62. The van der Waals surface area contributed by atoms with Gasteiger partial charge >= 0.3 is 0 Å². The monoisotopic (exact) mass is 216 g/mol. The molecule has 0 radical (unpaired) electrons. The predicted octanol–water partition coefficient (Wildman–Crippen LogP) is 2.85. The van der Waals surface area contributed by atoms with Gasteiger partial charge in [0.1, 0.15) is 0 Å². The van der Waals surface area contributed by atoms with E-state index in [1.54, 1.807) is 0 Å². The normalized spacial score (nSPS) is 21.3. The van der Waals surface area contributed by atoms with Crippen molar-refractivity contribution in [1.82, 2.24) is 10.0 Å². The second-order valence-electron chi connectivity index (χ2n) is 3.79. The SMILES string of the molecule is C/C=C(/CC)N(C)N1CCC(Cl)CC1. The number of rotatable bonds is 3. The highest BCUT2D eigenvalue weighted by atomic mass is 35.5. The average molecular weight is 217 g/mol. The molecule has 1 heterocycles. The van der Waals surface area contributed by atoms with Gasteiger partial charge in [-0.15, -0.1) is 11.6 Å². The van der Waals surface area contributed by atoms with E-state index in [1.165, 1.54) is 5.70 Å². The zero-order valence-electron chi connectivity index (χ0n) is 9.46. The van der Waals surface area contributed by atoms with Crippen LogP contribution in [0.3, 0.4) is 0 Å². The van der Waals surface area contributed by atoms with Gasteiger partial charge in [0.25, 0.3) is 0 Å². The van der Waals surface area contributed by atoms with E-state index in [0.29, 0.717) is 5.38 Å². The van der Waals surface area contributed by atoms with Crippen molar-refractivity contribution in [3.05, 3.63) is 11.8 Å². The predicted molar refractivity (Wildman–Crippen MR) is 62.3 cm³/mol. The highest BCUT2D eigenvalue weighted by molar-refractivity contribution is 6.20. The lowest BCUT2D eigenvalue weighted by Gasteiger charge is -2.38. The molecule has 0 bridgehead atoms. The van der Waals surface area contributed by atoms with Crippen LogP contribution in [0.25, 0.3) is 0 Å². The number of allylic oxidation sites excluding steroid dienone is 2. The van der Waals surface area contributed by atoms with Crippen LogP contribution in [0.4, 0.5) is 0 Å². The van der Waals surface area contributed by atoms with Gasteiger partial charge in [-0.1, -0.05) is 13.0 Å². The maximum Gasteiger partial charge on any atom is 0.0361 e.